The van der Waals surface area contributed by atoms with Crippen LogP contribution in [0.3, 0.4) is 0 Å². The molecule has 2 aromatic carbocycles. The largest absolute Gasteiger partial charge is 0.356 e. The monoisotopic (exact) mass is 294 g/mol. The zero-order valence-corrected chi connectivity index (χ0v) is 12.0. The molecule has 2 aromatic rings. The highest BCUT2D eigenvalue weighted by Crippen LogP contribution is 2.29. The Bertz CT molecular complexity index is 696. The van der Waals surface area contributed by atoms with Crippen LogP contribution in [0.15, 0.2) is 53.4 Å². The first-order valence-electron chi connectivity index (χ1n) is 6.31. The molecule has 0 bridgehead atoms. The molecule has 3 N–H and O–H groups in total. The first-order chi connectivity index (χ1) is 9.46. The fourth-order valence-corrected chi connectivity index (χ4v) is 3.97. The minimum atomic E-state index is -3.57. The minimum Gasteiger partial charge on any atom is -0.356 e. The van der Waals surface area contributed by atoms with Crippen LogP contribution in [0.1, 0.15) is 16.4 Å². The Morgan fingerprint density at radius 1 is 1.10 bits per heavy atom. The van der Waals surface area contributed by atoms with Gasteiger partial charge in [0.1, 0.15) is 11.1 Å². The molecule has 0 radical (unpaired) electrons. The van der Waals surface area contributed by atoms with Gasteiger partial charge in [-0.1, -0.05) is 24.3 Å². The van der Waals surface area contributed by atoms with E-state index in [1.165, 1.54) is 12.1 Å². The molecule has 0 fully saturated rings. The van der Waals surface area contributed by atoms with Crippen LogP contribution in [-0.4, -0.2) is 15.0 Å². The maximum atomic E-state index is 12.9. The van der Waals surface area contributed by atoms with Gasteiger partial charge in [-0.25, -0.2) is 12.8 Å². The third-order valence-electron chi connectivity index (χ3n) is 3.31. The molecule has 0 saturated carbocycles. The summed E-state index contributed by atoms with van der Waals surface area (Å²) in [4.78, 5) is 0.121. The van der Waals surface area contributed by atoms with Crippen LogP contribution in [0, 0.1) is 12.7 Å². The summed E-state index contributed by atoms with van der Waals surface area (Å²) in [6.45, 7) is 2.10. The van der Waals surface area contributed by atoms with Gasteiger partial charge < -0.3 is 5.73 Å². The lowest BCUT2D eigenvalue weighted by molar-refractivity contribution is -0.367. The molecule has 2 rings (SSSR count). The summed E-state index contributed by atoms with van der Waals surface area (Å²) in [5.41, 5.74) is 5.41. The quantitative estimate of drug-likeness (QED) is 0.875. The van der Waals surface area contributed by atoms with Crippen molar-refractivity contribution < 1.29 is 18.5 Å². The van der Waals surface area contributed by atoms with Crippen molar-refractivity contribution in [3.05, 3.63) is 65.5 Å². The fraction of sp³-hybridized carbons (Fsp3) is 0.200. The molecule has 0 heterocycles. The van der Waals surface area contributed by atoms with Crippen molar-refractivity contribution in [3.63, 3.8) is 0 Å². The van der Waals surface area contributed by atoms with Gasteiger partial charge in [0.2, 0.25) is 0 Å². The van der Waals surface area contributed by atoms with E-state index in [0.717, 1.165) is 23.3 Å². The Kier molecular flexibility index (Phi) is 4.20. The van der Waals surface area contributed by atoms with Crippen LogP contribution in [0.5, 0.6) is 0 Å². The summed E-state index contributed by atoms with van der Waals surface area (Å²) in [5, 5.41) is -0.714. The maximum Gasteiger partial charge on any atom is 0.190 e. The number of benzene rings is 2. The van der Waals surface area contributed by atoms with Gasteiger partial charge >= 0.3 is 0 Å². The third-order valence-corrected chi connectivity index (χ3v) is 5.48. The first-order valence-corrected chi connectivity index (χ1v) is 7.85. The second kappa shape index (κ2) is 5.73. The Morgan fingerprint density at radius 3 is 2.25 bits per heavy atom. The molecule has 5 heteroatoms. The number of hydrogen-bond donors (Lipinski definition) is 1. The van der Waals surface area contributed by atoms with Crippen LogP contribution in [0.4, 0.5) is 4.39 Å². The summed E-state index contributed by atoms with van der Waals surface area (Å²) in [6.07, 6.45) is 0. The van der Waals surface area contributed by atoms with E-state index in [0.29, 0.717) is 0 Å². The van der Waals surface area contributed by atoms with E-state index in [4.69, 9.17) is 0 Å². The van der Waals surface area contributed by atoms with Gasteiger partial charge in [-0.05, 0) is 42.3 Å². The highest BCUT2D eigenvalue weighted by Gasteiger charge is 2.30. The Morgan fingerprint density at radius 2 is 1.70 bits per heavy atom. The Hall–Kier alpha value is -1.72. The van der Waals surface area contributed by atoms with E-state index in [-0.39, 0.29) is 11.4 Å². The topological polar surface area (TPSA) is 61.8 Å². The molecule has 0 aromatic heterocycles. The molecule has 0 aliphatic carbocycles. The Labute approximate surface area is 118 Å². The van der Waals surface area contributed by atoms with Crippen LogP contribution in [0.25, 0.3) is 0 Å². The lowest BCUT2D eigenvalue weighted by atomic mass is 10.1. The molecule has 106 valence electrons. The third kappa shape index (κ3) is 2.73. The van der Waals surface area contributed by atoms with E-state index in [1.807, 2.05) is 25.1 Å². The number of halogens is 1. The van der Waals surface area contributed by atoms with Crippen molar-refractivity contribution in [1.82, 2.24) is 0 Å². The molecule has 0 amide bonds. The lowest BCUT2D eigenvalue weighted by Gasteiger charge is -2.16. The molecule has 1 atom stereocenters. The number of sulfone groups is 1. The number of rotatable bonds is 4. The summed E-state index contributed by atoms with van der Waals surface area (Å²) in [7, 11) is -3.57. The predicted molar refractivity (Wildman–Crippen MR) is 75.3 cm³/mol. The molecular formula is C15H17FNO2S+. The summed E-state index contributed by atoms with van der Waals surface area (Å²) in [5.74, 6) is -0.453. The zero-order chi connectivity index (χ0) is 14.8. The highest BCUT2D eigenvalue weighted by molar-refractivity contribution is 7.91. The van der Waals surface area contributed by atoms with Gasteiger partial charge in [0, 0.05) is 0 Å². The molecule has 0 spiro atoms. The van der Waals surface area contributed by atoms with Crippen LogP contribution >= 0.6 is 0 Å². The second-order valence-electron chi connectivity index (χ2n) is 4.63. The molecule has 20 heavy (non-hydrogen) atoms. The summed E-state index contributed by atoms with van der Waals surface area (Å²) >= 11 is 0. The van der Waals surface area contributed by atoms with Gasteiger partial charge in [-0.3, -0.25) is 0 Å². The maximum absolute atomic E-state index is 12.9. The van der Waals surface area contributed by atoms with Crippen molar-refractivity contribution in [1.29, 1.82) is 0 Å². The van der Waals surface area contributed by atoms with Crippen molar-refractivity contribution in [2.45, 2.75) is 17.1 Å². The van der Waals surface area contributed by atoms with Crippen LogP contribution < -0.4 is 5.73 Å². The van der Waals surface area contributed by atoms with Crippen molar-refractivity contribution in [2.24, 2.45) is 0 Å². The van der Waals surface area contributed by atoms with E-state index in [1.54, 1.807) is 6.07 Å². The van der Waals surface area contributed by atoms with Crippen LogP contribution in [-0.2, 0) is 9.84 Å². The Balaban J connectivity index is 2.51. The average molecular weight is 294 g/mol. The molecule has 0 aliphatic rings. The summed E-state index contributed by atoms with van der Waals surface area (Å²) < 4.78 is 38.3. The van der Waals surface area contributed by atoms with Gasteiger partial charge in [0.05, 0.1) is 11.4 Å². The smallest absolute Gasteiger partial charge is 0.190 e. The molecule has 3 nitrogen and oxygen atoms in total. The van der Waals surface area contributed by atoms with E-state index >= 15 is 0 Å². The predicted octanol–water partition coefficient (Wildman–Crippen LogP) is 1.89. The zero-order valence-electron chi connectivity index (χ0n) is 11.2. The SMILES string of the molecule is Cc1ccccc1[C@H](C[NH3+])S(=O)(=O)c1ccc(F)cc1. The van der Waals surface area contributed by atoms with Crippen molar-refractivity contribution in [2.75, 3.05) is 6.54 Å². The van der Waals surface area contributed by atoms with Crippen LogP contribution in [0.2, 0.25) is 0 Å². The summed E-state index contributed by atoms with van der Waals surface area (Å²) in [6, 6.07) is 12.3. The molecule has 0 unspecified atom stereocenters. The average Bonchev–Trinajstić information content (AvgIpc) is 2.42. The lowest BCUT2D eigenvalue weighted by Crippen LogP contribution is -2.54. The van der Waals surface area contributed by atoms with Gasteiger partial charge in [0.25, 0.3) is 0 Å². The minimum absolute atomic E-state index is 0.121. The van der Waals surface area contributed by atoms with Gasteiger partial charge in [-0.2, -0.15) is 0 Å². The normalized spacial score (nSPS) is 13.2. The van der Waals surface area contributed by atoms with E-state index in [2.05, 4.69) is 5.73 Å². The van der Waals surface area contributed by atoms with E-state index < -0.39 is 20.9 Å². The molecule has 0 saturated heterocycles. The first kappa shape index (κ1) is 14.7. The highest BCUT2D eigenvalue weighted by atomic mass is 32.2. The molecular weight excluding hydrogens is 277 g/mol. The van der Waals surface area contributed by atoms with Gasteiger partial charge in [0.15, 0.2) is 9.84 Å². The molecule has 0 aliphatic heterocycles. The number of quaternary nitrogens is 1. The number of hydrogen-bond acceptors (Lipinski definition) is 2. The fourth-order valence-electron chi connectivity index (χ4n) is 2.21. The van der Waals surface area contributed by atoms with Gasteiger partial charge in [-0.15, -0.1) is 0 Å². The standard InChI is InChI=1S/C15H16FNO2S/c1-11-4-2-3-5-14(11)15(10-17)20(18,19)13-8-6-12(16)7-9-13/h2-9,15H,10,17H2,1H3/p+1/t15-/m0/s1. The second-order valence-corrected chi connectivity index (χ2v) is 6.76. The van der Waals surface area contributed by atoms with Crippen molar-refractivity contribution >= 4 is 9.84 Å². The number of aryl methyl sites for hydroxylation is 1. The van der Waals surface area contributed by atoms with Crippen molar-refractivity contribution in [3.8, 4) is 0 Å². The van der Waals surface area contributed by atoms with E-state index in [9.17, 15) is 12.8 Å².